The molecule has 0 aromatic heterocycles. The molecule has 0 fully saturated rings. The van der Waals surface area contributed by atoms with Crippen molar-refractivity contribution < 1.29 is 4.74 Å². The van der Waals surface area contributed by atoms with Crippen molar-refractivity contribution in [3.63, 3.8) is 0 Å². The van der Waals surface area contributed by atoms with Gasteiger partial charge in [-0.3, -0.25) is 0 Å². The molecule has 0 amide bonds. The number of rotatable bonds is 5. The molecule has 0 aliphatic rings. The lowest BCUT2D eigenvalue weighted by Crippen LogP contribution is -2.11. The molecule has 3 N–H and O–H groups in total. The summed E-state index contributed by atoms with van der Waals surface area (Å²) in [6, 6.07) is 15.7. The summed E-state index contributed by atoms with van der Waals surface area (Å²) in [6.07, 6.45) is 0. The maximum atomic E-state index is 5.60. The van der Waals surface area contributed by atoms with Crippen LogP contribution < -0.4 is 15.8 Å². The minimum Gasteiger partial charge on any atom is -0.492 e. The molecule has 0 saturated carbocycles. The molecule has 3 nitrogen and oxygen atoms in total. The molecule has 94 valence electrons. The number of benzene rings is 2. The van der Waals surface area contributed by atoms with E-state index in [9.17, 15) is 0 Å². The van der Waals surface area contributed by atoms with Gasteiger partial charge in [0.1, 0.15) is 12.4 Å². The van der Waals surface area contributed by atoms with E-state index in [1.807, 2.05) is 30.3 Å². The van der Waals surface area contributed by atoms with Crippen LogP contribution in [0, 0.1) is 6.92 Å². The van der Waals surface area contributed by atoms with E-state index in [-0.39, 0.29) is 0 Å². The summed E-state index contributed by atoms with van der Waals surface area (Å²) in [6.45, 7) is 3.47. The van der Waals surface area contributed by atoms with Crippen LogP contribution in [0.4, 0.5) is 11.4 Å². The largest absolute Gasteiger partial charge is 0.492 e. The van der Waals surface area contributed by atoms with Crippen LogP contribution in [0.5, 0.6) is 5.75 Å². The predicted molar refractivity (Wildman–Crippen MR) is 76.0 cm³/mol. The van der Waals surface area contributed by atoms with E-state index in [2.05, 4.69) is 30.4 Å². The maximum Gasteiger partial charge on any atom is 0.119 e. The first kappa shape index (κ1) is 12.3. The number of anilines is 2. The monoisotopic (exact) mass is 242 g/mol. The second kappa shape index (κ2) is 5.96. The number of nitrogens with two attached hydrogens (primary N) is 1. The number of nitrogens with one attached hydrogen (secondary N) is 1. The Bertz CT molecular complexity index is 494. The van der Waals surface area contributed by atoms with E-state index in [1.54, 1.807) is 0 Å². The van der Waals surface area contributed by atoms with E-state index >= 15 is 0 Å². The molecule has 18 heavy (non-hydrogen) atoms. The molecule has 0 atom stereocenters. The third-order valence-electron chi connectivity index (χ3n) is 2.60. The molecule has 0 spiro atoms. The van der Waals surface area contributed by atoms with Crippen LogP contribution in [-0.2, 0) is 0 Å². The Balaban J connectivity index is 1.74. The van der Waals surface area contributed by atoms with Crippen molar-refractivity contribution in [3.8, 4) is 5.75 Å². The minimum atomic E-state index is 0.623. The Kier molecular flexibility index (Phi) is 4.07. The number of hydrogen-bond donors (Lipinski definition) is 2. The fourth-order valence-electron chi connectivity index (χ4n) is 1.68. The zero-order valence-corrected chi connectivity index (χ0v) is 10.5. The van der Waals surface area contributed by atoms with Crippen LogP contribution in [0.2, 0.25) is 0 Å². The second-order valence-electron chi connectivity index (χ2n) is 4.21. The zero-order valence-electron chi connectivity index (χ0n) is 10.5. The maximum absolute atomic E-state index is 5.60. The Hall–Kier alpha value is -2.16. The Morgan fingerprint density at radius 3 is 2.61 bits per heavy atom. The molecular weight excluding hydrogens is 224 g/mol. The molecule has 2 rings (SSSR count). The molecular formula is C15H18N2O. The first-order chi connectivity index (χ1) is 8.74. The molecule has 3 heteroatoms. The summed E-state index contributed by atoms with van der Waals surface area (Å²) in [5.41, 5.74) is 8.72. The van der Waals surface area contributed by atoms with Gasteiger partial charge in [-0.1, -0.05) is 12.1 Å². The molecule has 2 aromatic carbocycles. The van der Waals surface area contributed by atoms with Gasteiger partial charge in [0.2, 0.25) is 0 Å². The van der Waals surface area contributed by atoms with Gasteiger partial charge in [-0.2, -0.15) is 0 Å². The van der Waals surface area contributed by atoms with Crippen LogP contribution in [-0.4, -0.2) is 13.2 Å². The summed E-state index contributed by atoms with van der Waals surface area (Å²) in [7, 11) is 0. The first-order valence-electron chi connectivity index (χ1n) is 6.03. The second-order valence-corrected chi connectivity index (χ2v) is 4.21. The third kappa shape index (κ3) is 3.70. The van der Waals surface area contributed by atoms with Crippen LogP contribution in [0.25, 0.3) is 0 Å². The average Bonchev–Trinajstić information content (AvgIpc) is 2.37. The van der Waals surface area contributed by atoms with Gasteiger partial charge in [0, 0.05) is 17.9 Å². The van der Waals surface area contributed by atoms with Crippen molar-refractivity contribution >= 4 is 11.4 Å². The molecule has 0 unspecified atom stereocenters. The highest BCUT2D eigenvalue weighted by Gasteiger charge is 1.94. The van der Waals surface area contributed by atoms with Gasteiger partial charge in [-0.15, -0.1) is 0 Å². The molecule has 0 aliphatic heterocycles. The average molecular weight is 242 g/mol. The fraction of sp³-hybridized carbons (Fsp3) is 0.200. The van der Waals surface area contributed by atoms with E-state index in [4.69, 9.17) is 10.5 Å². The van der Waals surface area contributed by atoms with Crippen LogP contribution >= 0.6 is 0 Å². The van der Waals surface area contributed by atoms with Gasteiger partial charge in [0.15, 0.2) is 0 Å². The number of ether oxygens (including phenoxy) is 1. The van der Waals surface area contributed by atoms with Crippen molar-refractivity contribution in [1.29, 1.82) is 0 Å². The van der Waals surface area contributed by atoms with Crippen LogP contribution in [0.1, 0.15) is 5.56 Å². The highest BCUT2D eigenvalue weighted by atomic mass is 16.5. The summed E-state index contributed by atoms with van der Waals surface area (Å²) in [5.74, 6) is 0.843. The molecule has 0 saturated heterocycles. The van der Waals surface area contributed by atoms with Gasteiger partial charge in [-0.05, 0) is 48.9 Å². The SMILES string of the molecule is Cc1cccc(NCCOc2ccc(N)cc2)c1. The topological polar surface area (TPSA) is 47.3 Å². The van der Waals surface area contributed by atoms with Gasteiger partial charge in [-0.25, -0.2) is 0 Å². The molecule has 0 radical (unpaired) electrons. The summed E-state index contributed by atoms with van der Waals surface area (Å²) < 4.78 is 5.59. The Labute approximate surface area is 108 Å². The first-order valence-corrected chi connectivity index (χ1v) is 6.03. The standard InChI is InChI=1S/C15H18N2O/c1-12-3-2-4-14(11-12)17-9-10-18-15-7-5-13(16)6-8-15/h2-8,11,17H,9-10,16H2,1H3. The summed E-state index contributed by atoms with van der Waals surface area (Å²) >= 11 is 0. The predicted octanol–water partition coefficient (Wildman–Crippen LogP) is 3.07. The van der Waals surface area contributed by atoms with Gasteiger partial charge >= 0.3 is 0 Å². The minimum absolute atomic E-state index is 0.623. The Morgan fingerprint density at radius 2 is 1.89 bits per heavy atom. The number of nitrogen functional groups attached to an aromatic ring is 1. The lowest BCUT2D eigenvalue weighted by molar-refractivity contribution is 0.333. The highest BCUT2D eigenvalue weighted by Crippen LogP contribution is 2.13. The Morgan fingerprint density at radius 1 is 1.11 bits per heavy atom. The summed E-state index contributed by atoms with van der Waals surface area (Å²) in [5, 5.41) is 3.32. The van der Waals surface area contributed by atoms with Gasteiger partial charge < -0.3 is 15.8 Å². The van der Waals surface area contributed by atoms with E-state index in [0.717, 1.165) is 23.7 Å². The van der Waals surface area contributed by atoms with Gasteiger partial charge in [0.25, 0.3) is 0 Å². The van der Waals surface area contributed by atoms with E-state index in [1.165, 1.54) is 5.56 Å². The lowest BCUT2D eigenvalue weighted by atomic mass is 10.2. The van der Waals surface area contributed by atoms with E-state index in [0.29, 0.717) is 6.61 Å². The fourth-order valence-corrected chi connectivity index (χ4v) is 1.68. The van der Waals surface area contributed by atoms with Crippen molar-refractivity contribution in [2.75, 3.05) is 24.2 Å². The number of aryl methyl sites for hydroxylation is 1. The zero-order chi connectivity index (χ0) is 12.8. The van der Waals surface area contributed by atoms with Crippen LogP contribution in [0.15, 0.2) is 48.5 Å². The lowest BCUT2D eigenvalue weighted by Gasteiger charge is -2.09. The molecule has 2 aromatic rings. The van der Waals surface area contributed by atoms with E-state index < -0.39 is 0 Å². The third-order valence-corrected chi connectivity index (χ3v) is 2.60. The molecule has 0 bridgehead atoms. The van der Waals surface area contributed by atoms with Crippen molar-refractivity contribution in [2.45, 2.75) is 6.92 Å². The molecule has 0 heterocycles. The van der Waals surface area contributed by atoms with Crippen LogP contribution in [0.3, 0.4) is 0 Å². The highest BCUT2D eigenvalue weighted by molar-refractivity contribution is 5.45. The quantitative estimate of drug-likeness (QED) is 0.625. The number of hydrogen-bond acceptors (Lipinski definition) is 3. The van der Waals surface area contributed by atoms with Gasteiger partial charge in [0.05, 0.1) is 0 Å². The summed E-state index contributed by atoms with van der Waals surface area (Å²) in [4.78, 5) is 0. The normalized spacial score (nSPS) is 10.1. The smallest absolute Gasteiger partial charge is 0.119 e. The van der Waals surface area contributed by atoms with Crippen molar-refractivity contribution in [2.24, 2.45) is 0 Å². The molecule has 0 aliphatic carbocycles. The van der Waals surface area contributed by atoms with Crippen molar-refractivity contribution in [1.82, 2.24) is 0 Å². The van der Waals surface area contributed by atoms with Crippen molar-refractivity contribution in [3.05, 3.63) is 54.1 Å².